The largest absolute Gasteiger partial charge is 0.396 e. The average Bonchev–Trinajstić information content (AvgIpc) is 2.35. The van der Waals surface area contributed by atoms with Gasteiger partial charge in [-0.25, -0.2) is 4.39 Å². The minimum Gasteiger partial charge on any atom is -0.396 e. The zero-order valence-electron chi connectivity index (χ0n) is 10.4. The summed E-state index contributed by atoms with van der Waals surface area (Å²) in [5.41, 5.74) is 0.773. The van der Waals surface area contributed by atoms with Gasteiger partial charge in [0.05, 0.1) is 0 Å². The lowest BCUT2D eigenvalue weighted by atomic mass is 10.2. The molecule has 0 heterocycles. The van der Waals surface area contributed by atoms with E-state index in [1.54, 1.807) is 18.2 Å². The van der Waals surface area contributed by atoms with E-state index in [1.807, 2.05) is 6.92 Å². The fourth-order valence-corrected chi connectivity index (χ4v) is 1.51. The molecule has 0 fully saturated rings. The predicted octanol–water partition coefficient (Wildman–Crippen LogP) is 2.12. The Labute approximate surface area is 106 Å². The third-order valence-corrected chi connectivity index (χ3v) is 2.48. The molecule has 0 spiro atoms. The van der Waals surface area contributed by atoms with Crippen LogP contribution in [0.3, 0.4) is 0 Å². The smallest absolute Gasteiger partial charge is 0.244 e. The Balaban J connectivity index is 2.41. The summed E-state index contributed by atoms with van der Waals surface area (Å²) >= 11 is 0. The predicted molar refractivity (Wildman–Crippen MR) is 69.4 cm³/mol. The van der Waals surface area contributed by atoms with Crippen molar-refractivity contribution in [3.05, 3.63) is 41.7 Å². The highest BCUT2D eigenvalue weighted by Gasteiger charge is 2.03. The second kappa shape index (κ2) is 7.61. The van der Waals surface area contributed by atoms with Crippen LogP contribution in [-0.4, -0.2) is 23.7 Å². The van der Waals surface area contributed by atoms with Crippen LogP contribution < -0.4 is 5.32 Å². The molecular formula is C14H18FNO2. The van der Waals surface area contributed by atoms with E-state index in [4.69, 9.17) is 5.11 Å². The van der Waals surface area contributed by atoms with Crippen molar-refractivity contribution >= 4 is 12.0 Å². The van der Waals surface area contributed by atoms with Gasteiger partial charge in [0.1, 0.15) is 5.82 Å². The summed E-state index contributed by atoms with van der Waals surface area (Å²) in [6, 6.07) is 5.94. The summed E-state index contributed by atoms with van der Waals surface area (Å²) < 4.78 is 12.7. The molecule has 0 aromatic heterocycles. The summed E-state index contributed by atoms with van der Waals surface area (Å²) in [5.74, 6) is -0.487. The standard InChI is InChI=1S/C14H18FNO2/c1-11(3-2-10-17)16-14(18)9-6-12-4-7-13(15)8-5-12/h4-9,11,17H,2-3,10H2,1H3,(H,16,18)/b9-6+. The maximum absolute atomic E-state index is 12.7. The number of carbonyl (C=O) groups is 1. The normalized spacial score (nSPS) is 12.6. The molecule has 0 radical (unpaired) electrons. The fraction of sp³-hybridized carbons (Fsp3) is 0.357. The molecule has 18 heavy (non-hydrogen) atoms. The lowest BCUT2D eigenvalue weighted by molar-refractivity contribution is -0.117. The number of halogens is 1. The van der Waals surface area contributed by atoms with Crippen LogP contribution in [0.5, 0.6) is 0 Å². The van der Waals surface area contributed by atoms with E-state index in [0.29, 0.717) is 6.42 Å². The summed E-state index contributed by atoms with van der Waals surface area (Å²) in [5, 5.41) is 11.5. The number of aliphatic hydroxyl groups is 1. The van der Waals surface area contributed by atoms with Gasteiger partial charge >= 0.3 is 0 Å². The first kappa shape index (κ1) is 14.4. The Morgan fingerprint density at radius 3 is 2.72 bits per heavy atom. The van der Waals surface area contributed by atoms with Crippen molar-refractivity contribution in [2.45, 2.75) is 25.8 Å². The van der Waals surface area contributed by atoms with Gasteiger partial charge in [-0.3, -0.25) is 4.79 Å². The lowest BCUT2D eigenvalue weighted by Crippen LogP contribution is -2.31. The molecule has 1 amide bonds. The number of nitrogens with one attached hydrogen (secondary N) is 1. The van der Waals surface area contributed by atoms with Crippen LogP contribution in [-0.2, 0) is 4.79 Å². The van der Waals surface area contributed by atoms with Gasteiger partial charge in [0, 0.05) is 18.7 Å². The molecule has 2 N–H and O–H groups in total. The molecule has 0 aliphatic rings. The highest BCUT2D eigenvalue weighted by atomic mass is 19.1. The Kier molecular flexibility index (Phi) is 6.08. The number of hydrogen-bond acceptors (Lipinski definition) is 2. The number of carbonyl (C=O) groups excluding carboxylic acids is 1. The topological polar surface area (TPSA) is 49.3 Å². The van der Waals surface area contributed by atoms with Crippen molar-refractivity contribution < 1.29 is 14.3 Å². The van der Waals surface area contributed by atoms with Gasteiger partial charge in [0.25, 0.3) is 0 Å². The highest BCUT2D eigenvalue weighted by Crippen LogP contribution is 2.04. The van der Waals surface area contributed by atoms with E-state index in [9.17, 15) is 9.18 Å². The molecule has 1 rings (SSSR count). The van der Waals surface area contributed by atoms with Crippen molar-refractivity contribution in [3.8, 4) is 0 Å². The molecule has 0 saturated heterocycles. The van der Waals surface area contributed by atoms with Crippen LogP contribution in [0.15, 0.2) is 30.3 Å². The van der Waals surface area contributed by atoms with E-state index < -0.39 is 0 Å². The molecule has 1 unspecified atom stereocenters. The summed E-state index contributed by atoms with van der Waals surface area (Å²) in [6.45, 7) is 2.02. The number of benzene rings is 1. The van der Waals surface area contributed by atoms with Crippen LogP contribution in [0.4, 0.5) is 4.39 Å². The first-order chi connectivity index (χ1) is 8.61. The molecule has 0 aliphatic carbocycles. The Bertz CT molecular complexity index is 401. The van der Waals surface area contributed by atoms with Crippen LogP contribution in [0.25, 0.3) is 6.08 Å². The minimum atomic E-state index is -0.297. The quantitative estimate of drug-likeness (QED) is 0.761. The summed E-state index contributed by atoms with van der Waals surface area (Å²) in [6.07, 6.45) is 4.46. The van der Waals surface area contributed by atoms with Crippen LogP contribution >= 0.6 is 0 Å². The molecule has 0 bridgehead atoms. The van der Waals surface area contributed by atoms with Crippen molar-refractivity contribution in [1.29, 1.82) is 0 Å². The molecule has 1 aromatic rings. The molecule has 1 aromatic carbocycles. The average molecular weight is 251 g/mol. The second-order valence-electron chi connectivity index (χ2n) is 4.16. The first-order valence-electron chi connectivity index (χ1n) is 5.97. The fourth-order valence-electron chi connectivity index (χ4n) is 1.51. The number of aliphatic hydroxyl groups excluding tert-OH is 1. The minimum absolute atomic E-state index is 0.0301. The maximum atomic E-state index is 12.7. The molecule has 0 aliphatic heterocycles. The van der Waals surface area contributed by atoms with E-state index in [-0.39, 0.29) is 24.4 Å². The Morgan fingerprint density at radius 2 is 2.11 bits per heavy atom. The van der Waals surface area contributed by atoms with Crippen LogP contribution in [0.2, 0.25) is 0 Å². The van der Waals surface area contributed by atoms with E-state index in [0.717, 1.165) is 12.0 Å². The lowest BCUT2D eigenvalue weighted by Gasteiger charge is -2.10. The zero-order chi connectivity index (χ0) is 13.4. The van der Waals surface area contributed by atoms with Gasteiger partial charge in [-0.05, 0) is 43.5 Å². The van der Waals surface area contributed by atoms with E-state index in [2.05, 4.69) is 5.32 Å². The second-order valence-corrected chi connectivity index (χ2v) is 4.16. The van der Waals surface area contributed by atoms with E-state index in [1.165, 1.54) is 18.2 Å². The Hall–Kier alpha value is -1.68. The molecule has 4 heteroatoms. The molecule has 0 saturated carbocycles. The van der Waals surface area contributed by atoms with Crippen molar-refractivity contribution in [3.63, 3.8) is 0 Å². The highest BCUT2D eigenvalue weighted by molar-refractivity contribution is 5.91. The SMILES string of the molecule is CC(CCCO)NC(=O)/C=C/c1ccc(F)cc1. The molecule has 1 atom stereocenters. The summed E-state index contributed by atoms with van der Waals surface area (Å²) in [7, 11) is 0. The van der Waals surface area contributed by atoms with E-state index >= 15 is 0 Å². The monoisotopic (exact) mass is 251 g/mol. The van der Waals surface area contributed by atoms with Crippen LogP contribution in [0.1, 0.15) is 25.3 Å². The van der Waals surface area contributed by atoms with Gasteiger partial charge < -0.3 is 10.4 Å². The van der Waals surface area contributed by atoms with Gasteiger partial charge in [0.2, 0.25) is 5.91 Å². The van der Waals surface area contributed by atoms with Gasteiger partial charge in [-0.2, -0.15) is 0 Å². The van der Waals surface area contributed by atoms with Gasteiger partial charge in [0.15, 0.2) is 0 Å². The first-order valence-corrected chi connectivity index (χ1v) is 5.97. The molecule has 3 nitrogen and oxygen atoms in total. The van der Waals surface area contributed by atoms with Crippen LogP contribution in [0, 0.1) is 5.82 Å². The molecule has 98 valence electrons. The van der Waals surface area contributed by atoms with Crippen molar-refractivity contribution in [2.75, 3.05) is 6.61 Å². The summed E-state index contributed by atoms with van der Waals surface area (Å²) in [4.78, 5) is 11.5. The third-order valence-electron chi connectivity index (χ3n) is 2.48. The third kappa shape index (κ3) is 5.59. The zero-order valence-corrected chi connectivity index (χ0v) is 10.4. The maximum Gasteiger partial charge on any atom is 0.244 e. The molecular weight excluding hydrogens is 233 g/mol. The van der Waals surface area contributed by atoms with Gasteiger partial charge in [-0.15, -0.1) is 0 Å². The Morgan fingerprint density at radius 1 is 1.44 bits per heavy atom. The van der Waals surface area contributed by atoms with Crippen molar-refractivity contribution in [2.24, 2.45) is 0 Å². The number of rotatable bonds is 6. The van der Waals surface area contributed by atoms with Crippen molar-refractivity contribution in [1.82, 2.24) is 5.32 Å². The number of hydrogen-bond donors (Lipinski definition) is 2. The van der Waals surface area contributed by atoms with Gasteiger partial charge in [-0.1, -0.05) is 12.1 Å². The number of amides is 1.